The topological polar surface area (TPSA) is 37.4 Å². The number of hydrogen-bond acceptors (Lipinski definition) is 2. The van der Waals surface area contributed by atoms with Gasteiger partial charge in [0.05, 0.1) is 0 Å². The molecule has 3 nitrogen and oxygen atoms in total. The Morgan fingerprint density at radius 1 is 1.28 bits per heavy atom. The standard InChI is InChI=1S/C11H14BrF2NO2S/c1-2-6-15(7-5-12)18(16,17)11-4-3-9(13)8-10(11)14/h3-4,8H,2,5-7H2,1H3. The van der Waals surface area contributed by atoms with E-state index in [0.29, 0.717) is 24.4 Å². The lowest BCUT2D eigenvalue weighted by molar-refractivity contribution is 0.425. The summed E-state index contributed by atoms with van der Waals surface area (Å²) < 4.78 is 51.9. The number of hydrogen-bond donors (Lipinski definition) is 0. The first-order chi connectivity index (χ1) is 8.43. The van der Waals surface area contributed by atoms with Crippen molar-refractivity contribution >= 4 is 26.0 Å². The molecule has 0 aliphatic carbocycles. The van der Waals surface area contributed by atoms with Crippen LogP contribution in [-0.4, -0.2) is 31.1 Å². The molecule has 0 aliphatic rings. The fourth-order valence-corrected chi connectivity index (χ4v) is 3.76. The molecule has 0 saturated heterocycles. The van der Waals surface area contributed by atoms with Crippen molar-refractivity contribution in [1.82, 2.24) is 4.31 Å². The molecule has 0 heterocycles. The van der Waals surface area contributed by atoms with Crippen LogP contribution < -0.4 is 0 Å². The van der Waals surface area contributed by atoms with Crippen molar-refractivity contribution in [2.45, 2.75) is 18.2 Å². The Morgan fingerprint density at radius 2 is 1.94 bits per heavy atom. The van der Waals surface area contributed by atoms with Gasteiger partial charge in [-0.15, -0.1) is 0 Å². The minimum Gasteiger partial charge on any atom is -0.207 e. The third kappa shape index (κ3) is 3.49. The number of alkyl halides is 1. The Morgan fingerprint density at radius 3 is 2.44 bits per heavy atom. The molecular formula is C11H14BrF2NO2S. The Hall–Kier alpha value is -0.530. The molecule has 1 aromatic carbocycles. The van der Waals surface area contributed by atoms with E-state index in [0.717, 1.165) is 12.1 Å². The van der Waals surface area contributed by atoms with Crippen LogP contribution >= 0.6 is 15.9 Å². The van der Waals surface area contributed by atoms with Gasteiger partial charge >= 0.3 is 0 Å². The quantitative estimate of drug-likeness (QED) is 0.746. The zero-order valence-electron chi connectivity index (χ0n) is 9.87. The van der Waals surface area contributed by atoms with E-state index in [9.17, 15) is 17.2 Å². The lowest BCUT2D eigenvalue weighted by Crippen LogP contribution is -2.34. The molecule has 1 aromatic rings. The molecular weight excluding hydrogens is 328 g/mol. The summed E-state index contributed by atoms with van der Waals surface area (Å²) in [6, 6.07) is 2.47. The van der Waals surface area contributed by atoms with Gasteiger partial charge in [0.1, 0.15) is 16.5 Å². The first-order valence-electron chi connectivity index (χ1n) is 5.44. The molecule has 0 bridgehead atoms. The average molecular weight is 342 g/mol. The van der Waals surface area contributed by atoms with Gasteiger partial charge in [-0.3, -0.25) is 0 Å². The maximum Gasteiger partial charge on any atom is 0.246 e. The summed E-state index contributed by atoms with van der Waals surface area (Å²) in [6.07, 6.45) is 0.620. The van der Waals surface area contributed by atoms with Crippen LogP contribution in [-0.2, 0) is 10.0 Å². The minimum atomic E-state index is -3.91. The van der Waals surface area contributed by atoms with Crippen LogP contribution in [0.3, 0.4) is 0 Å². The van der Waals surface area contributed by atoms with Crippen molar-refractivity contribution in [2.24, 2.45) is 0 Å². The second-order valence-electron chi connectivity index (χ2n) is 3.67. The van der Waals surface area contributed by atoms with E-state index in [4.69, 9.17) is 0 Å². The predicted molar refractivity (Wildman–Crippen MR) is 69.2 cm³/mol. The van der Waals surface area contributed by atoms with Crippen LogP contribution in [0.2, 0.25) is 0 Å². The van der Waals surface area contributed by atoms with E-state index in [2.05, 4.69) is 15.9 Å². The minimum absolute atomic E-state index is 0.243. The van der Waals surface area contributed by atoms with Gasteiger partial charge in [0.2, 0.25) is 10.0 Å². The number of halogens is 3. The van der Waals surface area contributed by atoms with Gasteiger partial charge in [-0.1, -0.05) is 22.9 Å². The monoisotopic (exact) mass is 341 g/mol. The van der Waals surface area contributed by atoms with E-state index < -0.39 is 26.6 Å². The normalized spacial score (nSPS) is 12.1. The SMILES string of the molecule is CCCN(CCBr)S(=O)(=O)c1ccc(F)cc1F. The van der Waals surface area contributed by atoms with E-state index in [1.807, 2.05) is 6.92 Å². The molecule has 1 rings (SSSR count). The highest BCUT2D eigenvalue weighted by Gasteiger charge is 2.26. The summed E-state index contributed by atoms with van der Waals surface area (Å²) >= 11 is 3.16. The first-order valence-corrected chi connectivity index (χ1v) is 8.00. The van der Waals surface area contributed by atoms with Crippen LogP contribution in [0.4, 0.5) is 8.78 Å². The van der Waals surface area contributed by atoms with Crippen molar-refractivity contribution in [3.8, 4) is 0 Å². The van der Waals surface area contributed by atoms with Crippen molar-refractivity contribution in [2.75, 3.05) is 18.4 Å². The summed E-state index contributed by atoms with van der Waals surface area (Å²) in [6.45, 7) is 2.37. The van der Waals surface area contributed by atoms with Gasteiger partial charge in [-0.2, -0.15) is 4.31 Å². The number of nitrogens with zero attached hydrogens (tertiary/aromatic N) is 1. The maximum atomic E-state index is 13.5. The van der Waals surface area contributed by atoms with Crippen LogP contribution in [0.1, 0.15) is 13.3 Å². The van der Waals surface area contributed by atoms with Gasteiger partial charge in [0, 0.05) is 24.5 Å². The molecule has 0 amide bonds. The smallest absolute Gasteiger partial charge is 0.207 e. The molecule has 0 unspecified atom stereocenters. The molecule has 0 radical (unpaired) electrons. The van der Waals surface area contributed by atoms with E-state index in [1.54, 1.807) is 0 Å². The molecule has 0 fully saturated rings. The van der Waals surface area contributed by atoms with Crippen LogP contribution in [0.5, 0.6) is 0 Å². The van der Waals surface area contributed by atoms with Gasteiger partial charge < -0.3 is 0 Å². The first kappa shape index (κ1) is 15.5. The maximum absolute atomic E-state index is 13.5. The van der Waals surface area contributed by atoms with E-state index in [1.165, 1.54) is 4.31 Å². The summed E-state index contributed by atoms with van der Waals surface area (Å²) in [5, 5.41) is 0.453. The van der Waals surface area contributed by atoms with Crippen molar-refractivity contribution < 1.29 is 17.2 Å². The van der Waals surface area contributed by atoms with Crippen LogP contribution in [0.15, 0.2) is 23.1 Å². The average Bonchev–Trinajstić information content (AvgIpc) is 2.28. The highest BCUT2D eigenvalue weighted by atomic mass is 79.9. The molecule has 0 aliphatic heterocycles. The van der Waals surface area contributed by atoms with Gasteiger partial charge in [0.25, 0.3) is 0 Å². The lowest BCUT2D eigenvalue weighted by atomic mass is 10.3. The largest absolute Gasteiger partial charge is 0.246 e. The van der Waals surface area contributed by atoms with E-state index in [-0.39, 0.29) is 6.54 Å². The van der Waals surface area contributed by atoms with Gasteiger partial charge in [-0.25, -0.2) is 17.2 Å². The highest BCUT2D eigenvalue weighted by molar-refractivity contribution is 9.09. The van der Waals surface area contributed by atoms with Crippen molar-refractivity contribution in [3.63, 3.8) is 0 Å². The molecule has 0 aromatic heterocycles. The lowest BCUT2D eigenvalue weighted by Gasteiger charge is -2.20. The summed E-state index contributed by atoms with van der Waals surface area (Å²) in [7, 11) is -3.91. The summed E-state index contributed by atoms with van der Waals surface area (Å²) in [5.41, 5.74) is 0. The Kier molecular flexibility index (Phi) is 5.68. The molecule has 0 N–H and O–H groups in total. The Bertz CT molecular complexity index is 502. The number of rotatable bonds is 6. The predicted octanol–water partition coefficient (Wildman–Crippen LogP) is 2.76. The second kappa shape index (κ2) is 6.58. The Labute approximate surface area is 114 Å². The molecule has 0 saturated carbocycles. The number of sulfonamides is 1. The third-order valence-corrected chi connectivity index (χ3v) is 4.61. The molecule has 7 heteroatoms. The van der Waals surface area contributed by atoms with Crippen molar-refractivity contribution in [3.05, 3.63) is 29.8 Å². The van der Waals surface area contributed by atoms with Gasteiger partial charge in [-0.05, 0) is 18.6 Å². The zero-order chi connectivity index (χ0) is 13.8. The zero-order valence-corrected chi connectivity index (χ0v) is 12.3. The Balaban J connectivity index is 3.17. The fraction of sp³-hybridized carbons (Fsp3) is 0.455. The summed E-state index contributed by atoms with van der Waals surface area (Å²) in [5.74, 6) is -1.86. The number of benzene rings is 1. The fourth-order valence-electron chi connectivity index (χ4n) is 1.52. The van der Waals surface area contributed by atoms with Crippen molar-refractivity contribution in [1.29, 1.82) is 0 Å². The van der Waals surface area contributed by atoms with Gasteiger partial charge in [0.15, 0.2) is 0 Å². The van der Waals surface area contributed by atoms with E-state index >= 15 is 0 Å². The molecule has 0 spiro atoms. The van der Waals surface area contributed by atoms with Crippen LogP contribution in [0, 0.1) is 11.6 Å². The molecule has 102 valence electrons. The molecule has 0 atom stereocenters. The van der Waals surface area contributed by atoms with Crippen LogP contribution in [0.25, 0.3) is 0 Å². The third-order valence-electron chi connectivity index (χ3n) is 2.32. The summed E-state index contributed by atoms with van der Waals surface area (Å²) in [4.78, 5) is -0.488. The highest BCUT2D eigenvalue weighted by Crippen LogP contribution is 2.20. The second-order valence-corrected chi connectivity index (χ2v) is 6.37. The molecule has 18 heavy (non-hydrogen) atoms.